The van der Waals surface area contributed by atoms with E-state index < -0.39 is 0 Å². The summed E-state index contributed by atoms with van der Waals surface area (Å²) in [5.74, 6) is 0.881. The Morgan fingerprint density at radius 2 is 1.85 bits per heavy atom. The normalized spacial score (nSPS) is 12.2. The van der Waals surface area contributed by atoms with Crippen molar-refractivity contribution in [3.63, 3.8) is 0 Å². The van der Waals surface area contributed by atoms with E-state index in [1.54, 1.807) is 0 Å². The third-order valence-electron chi connectivity index (χ3n) is 3.02. The molecule has 0 aliphatic carbocycles. The lowest BCUT2D eigenvalue weighted by molar-refractivity contribution is 0.317. The van der Waals surface area contributed by atoms with E-state index in [1.807, 2.05) is 48.5 Å². The minimum atomic E-state index is -0.0682. The van der Waals surface area contributed by atoms with Crippen molar-refractivity contribution >= 4 is 23.2 Å². The van der Waals surface area contributed by atoms with Crippen molar-refractivity contribution in [2.75, 3.05) is 6.61 Å². The molecule has 106 valence electrons. The highest BCUT2D eigenvalue weighted by molar-refractivity contribution is 6.30. The van der Waals surface area contributed by atoms with Gasteiger partial charge in [-0.15, -0.1) is 11.6 Å². The molecule has 1 unspecified atom stereocenters. The van der Waals surface area contributed by atoms with E-state index in [0.717, 1.165) is 35.8 Å². The van der Waals surface area contributed by atoms with Crippen LogP contribution in [0.3, 0.4) is 0 Å². The van der Waals surface area contributed by atoms with Gasteiger partial charge in [-0.3, -0.25) is 0 Å². The van der Waals surface area contributed by atoms with E-state index in [1.165, 1.54) is 5.56 Å². The summed E-state index contributed by atoms with van der Waals surface area (Å²) in [6.07, 6.45) is 1.77. The first-order valence-corrected chi connectivity index (χ1v) is 7.61. The zero-order chi connectivity index (χ0) is 14.4. The van der Waals surface area contributed by atoms with Crippen LogP contribution >= 0.6 is 23.2 Å². The Balaban J connectivity index is 2.04. The summed E-state index contributed by atoms with van der Waals surface area (Å²) >= 11 is 12.4. The van der Waals surface area contributed by atoms with Gasteiger partial charge in [0.15, 0.2) is 0 Å². The first-order valence-electron chi connectivity index (χ1n) is 6.80. The molecule has 1 nitrogen and oxygen atoms in total. The predicted octanol–water partition coefficient (Wildman–Crippen LogP) is 5.65. The molecule has 0 aliphatic rings. The van der Waals surface area contributed by atoms with Gasteiger partial charge in [0.2, 0.25) is 0 Å². The number of rotatable bonds is 6. The lowest BCUT2D eigenvalue weighted by atomic mass is 10.0. The first-order chi connectivity index (χ1) is 9.69. The maximum Gasteiger partial charge on any atom is 0.119 e. The molecule has 0 spiro atoms. The largest absolute Gasteiger partial charge is 0.494 e. The third-order valence-corrected chi connectivity index (χ3v) is 3.68. The second-order valence-corrected chi connectivity index (χ2v) is 5.68. The standard InChI is InChI=1S/C17H18Cl2O/c1-2-10-20-16-5-3-4-14(12-16)17(19)11-13-6-8-15(18)9-7-13/h3-9,12,17H,2,10-11H2,1H3. The number of alkyl halides is 1. The smallest absolute Gasteiger partial charge is 0.119 e. The van der Waals surface area contributed by atoms with Crippen molar-refractivity contribution in [2.24, 2.45) is 0 Å². The minimum Gasteiger partial charge on any atom is -0.494 e. The fraction of sp³-hybridized carbons (Fsp3) is 0.294. The first kappa shape index (κ1) is 15.2. The van der Waals surface area contributed by atoms with E-state index in [-0.39, 0.29) is 5.38 Å². The average Bonchev–Trinajstić information content (AvgIpc) is 2.48. The zero-order valence-electron chi connectivity index (χ0n) is 11.5. The quantitative estimate of drug-likeness (QED) is 0.626. The highest BCUT2D eigenvalue weighted by Gasteiger charge is 2.10. The molecule has 3 heteroatoms. The average molecular weight is 309 g/mol. The summed E-state index contributed by atoms with van der Waals surface area (Å²) in [7, 11) is 0. The highest BCUT2D eigenvalue weighted by atomic mass is 35.5. The molecule has 20 heavy (non-hydrogen) atoms. The maximum atomic E-state index is 6.50. The molecule has 0 aromatic heterocycles. The van der Waals surface area contributed by atoms with Crippen LogP contribution in [0.5, 0.6) is 5.75 Å². The molecule has 0 N–H and O–H groups in total. The van der Waals surface area contributed by atoms with Gasteiger partial charge in [0, 0.05) is 5.02 Å². The molecule has 0 heterocycles. The zero-order valence-corrected chi connectivity index (χ0v) is 13.0. The molecule has 0 amide bonds. The predicted molar refractivity (Wildman–Crippen MR) is 86.0 cm³/mol. The molecule has 0 saturated heterocycles. The van der Waals surface area contributed by atoms with Gasteiger partial charge in [-0.2, -0.15) is 0 Å². The Labute approximate surface area is 130 Å². The second-order valence-electron chi connectivity index (χ2n) is 4.72. The second kappa shape index (κ2) is 7.56. The van der Waals surface area contributed by atoms with Crippen molar-refractivity contribution in [3.8, 4) is 5.75 Å². The fourth-order valence-electron chi connectivity index (χ4n) is 1.96. The van der Waals surface area contributed by atoms with Crippen LogP contribution in [0.15, 0.2) is 48.5 Å². The molecular formula is C17H18Cl2O. The van der Waals surface area contributed by atoms with Crippen molar-refractivity contribution in [3.05, 3.63) is 64.7 Å². The Bertz CT molecular complexity index is 537. The van der Waals surface area contributed by atoms with E-state index in [9.17, 15) is 0 Å². The van der Waals surface area contributed by atoms with Gasteiger partial charge in [-0.1, -0.05) is 42.8 Å². The Morgan fingerprint density at radius 3 is 2.55 bits per heavy atom. The van der Waals surface area contributed by atoms with Crippen molar-refractivity contribution in [1.82, 2.24) is 0 Å². The Morgan fingerprint density at radius 1 is 1.10 bits per heavy atom. The molecule has 0 fully saturated rings. The summed E-state index contributed by atoms with van der Waals surface area (Å²) in [4.78, 5) is 0. The summed E-state index contributed by atoms with van der Waals surface area (Å²) < 4.78 is 5.64. The van der Waals surface area contributed by atoms with Gasteiger partial charge in [-0.05, 0) is 48.2 Å². The Kier molecular flexibility index (Phi) is 5.75. The molecule has 0 bridgehead atoms. The molecule has 1 atom stereocenters. The topological polar surface area (TPSA) is 9.23 Å². The van der Waals surface area contributed by atoms with Crippen LogP contribution in [-0.2, 0) is 6.42 Å². The van der Waals surface area contributed by atoms with Gasteiger partial charge >= 0.3 is 0 Å². The van der Waals surface area contributed by atoms with E-state index in [0.29, 0.717) is 0 Å². The number of ether oxygens (including phenoxy) is 1. The fourth-order valence-corrected chi connectivity index (χ4v) is 2.40. The molecule has 0 radical (unpaired) electrons. The van der Waals surface area contributed by atoms with Crippen LogP contribution in [0, 0.1) is 0 Å². The van der Waals surface area contributed by atoms with Gasteiger partial charge in [0.05, 0.1) is 12.0 Å². The summed E-state index contributed by atoms with van der Waals surface area (Å²) in [6.45, 7) is 2.82. The summed E-state index contributed by atoms with van der Waals surface area (Å²) in [5, 5.41) is 0.677. The van der Waals surface area contributed by atoms with Crippen LogP contribution < -0.4 is 4.74 Å². The monoisotopic (exact) mass is 308 g/mol. The molecule has 2 aromatic carbocycles. The highest BCUT2D eigenvalue weighted by Crippen LogP contribution is 2.28. The molecule has 0 aliphatic heterocycles. The molecule has 2 aromatic rings. The number of hydrogen-bond donors (Lipinski definition) is 0. The van der Waals surface area contributed by atoms with Gasteiger partial charge < -0.3 is 4.74 Å². The lowest BCUT2D eigenvalue weighted by Crippen LogP contribution is -1.99. The Hall–Kier alpha value is -1.18. The summed E-state index contributed by atoms with van der Waals surface area (Å²) in [6, 6.07) is 15.8. The van der Waals surface area contributed by atoms with Gasteiger partial charge in [0.1, 0.15) is 5.75 Å². The molecular weight excluding hydrogens is 291 g/mol. The SMILES string of the molecule is CCCOc1cccc(C(Cl)Cc2ccc(Cl)cc2)c1. The molecule has 2 rings (SSSR count). The van der Waals surface area contributed by atoms with Crippen molar-refractivity contribution < 1.29 is 4.74 Å². The lowest BCUT2D eigenvalue weighted by Gasteiger charge is -2.12. The van der Waals surface area contributed by atoms with E-state index >= 15 is 0 Å². The maximum absolute atomic E-state index is 6.50. The van der Waals surface area contributed by atoms with Gasteiger partial charge in [0.25, 0.3) is 0 Å². The van der Waals surface area contributed by atoms with Crippen LogP contribution in [0.4, 0.5) is 0 Å². The number of benzene rings is 2. The number of halogens is 2. The van der Waals surface area contributed by atoms with E-state index in [2.05, 4.69) is 6.92 Å². The third kappa shape index (κ3) is 4.43. The van der Waals surface area contributed by atoms with Crippen LogP contribution in [0.1, 0.15) is 29.8 Å². The van der Waals surface area contributed by atoms with Gasteiger partial charge in [-0.25, -0.2) is 0 Å². The van der Waals surface area contributed by atoms with Crippen LogP contribution in [0.2, 0.25) is 5.02 Å². The van der Waals surface area contributed by atoms with Crippen molar-refractivity contribution in [2.45, 2.75) is 25.1 Å². The molecule has 0 saturated carbocycles. The van der Waals surface area contributed by atoms with Crippen molar-refractivity contribution in [1.29, 1.82) is 0 Å². The van der Waals surface area contributed by atoms with E-state index in [4.69, 9.17) is 27.9 Å². The number of hydrogen-bond acceptors (Lipinski definition) is 1. The summed E-state index contributed by atoms with van der Waals surface area (Å²) in [5.41, 5.74) is 2.25. The van der Waals surface area contributed by atoms with Crippen LogP contribution in [-0.4, -0.2) is 6.61 Å². The minimum absolute atomic E-state index is 0.0682. The van der Waals surface area contributed by atoms with Crippen LogP contribution in [0.25, 0.3) is 0 Å².